The van der Waals surface area contributed by atoms with Gasteiger partial charge in [0, 0.05) is 6.54 Å². The van der Waals surface area contributed by atoms with Crippen molar-refractivity contribution in [2.24, 2.45) is 5.92 Å². The lowest BCUT2D eigenvalue weighted by Crippen LogP contribution is -2.15. The van der Waals surface area contributed by atoms with Crippen molar-refractivity contribution in [1.29, 1.82) is 5.26 Å². The van der Waals surface area contributed by atoms with Gasteiger partial charge in [-0.05, 0) is 18.6 Å². The van der Waals surface area contributed by atoms with E-state index in [0.717, 1.165) is 0 Å². The zero-order valence-electron chi connectivity index (χ0n) is 10.3. The van der Waals surface area contributed by atoms with Gasteiger partial charge in [0.25, 0.3) is 0 Å². The molecule has 0 fully saturated rings. The van der Waals surface area contributed by atoms with E-state index in [1.54, 1.807) is 13.0 Å². The first-order valence-electron chi connectivity index (χ1n) is 5.61. The number of hydrogen-bond donors (Lipinski definition) is 2. The van der Waals surface area contributed by atoms with Crippen LogP contribution >= 0.6 is 0 Å². The maximum atomic E-state index is 10.9. The van der Waals surface area contributed by atoms with Crippen LogP contribution in [-0.4, -0.2) is 22.5 Å². The van der Waals surface area contributed by atoms with E-state index in [9.17, 15) is 14.9 Å². The summed E-state index contributed by atoms with van der Waals surface area (Å²) in [5.74, 6) is -1.45. The Bertz CT molecular complexity index is 536. The minimum atomic E-state index is -0.915. The molecule has 7 heteroatoms. The predicted molar refractivity (Wildman–Crippen MR) is 67.7 cm³/mol. The smallest absolute Gasteiger partial charge is 0.309 e. The van der Waals surface area contributed by atoms with Gasteiger partial charge in [0.05, 0.1) is 10.8 Å². The molecule has 1 atom stereocenters. The molecule has 0 saturated carbocycles. The predicted octanol–water partition coefficient (Wildman–Crippen LogP) is 1.99. The maximum absolute atomic E-state index is 10.9. The number of nitriles is 1. The monoisotopic (exact) mass is 263 g/mol. The number of rotatable bonds is 6. The molecular weight excluding hydrogens is 250 g/mol. The maximum Gasteiger partial charge on any atom is 0.309 e. The first-order valence-corrected chi connectivity index (χ1v) is 5.61. The van der Waals surface area contributed by atoms with E-state index < -0.39 is 16.8 Å². The molecular formula is C12H13N3O4. The Morgan fingerprint density at radius 2 is 2.32 bits per heavy atom. The number of anilines is 1. The van der Waals surface area contributed by atoms with Crippen LogP contribution in [0.15, 0.2) is 18.2 Å². The fraction of sp³-hybridized carbons (Fsp3) is 0.333. The molecule has 0 bridgehead atoms. The molecule has 0 aromatic heterocycles. The highest BCUT2D eigenvalue weighted by atomic mass is 16.6. The number of para-hydroxylation sites is 1. The largest absolute Gasteiger partial charge is 0.481 e. The van der Waals surface area contributed by atoms with E-state index in [0.29, 0.717) is 6.42 Å². The summed E-state index contributed by atoms with van der Waals surface area (Å²) in [6.07, 6.45) is 0.337. The Kier molecular flexibility index (Phi) is 4.83. The molecule has 1 aromatic rings. The Hall–Kier alpha value is -2.62. The lowest BCUT2D eigenvalue weighted by atomic mass is 10.1. The summed E-state index contributed by atoms with van der Waals surface area (Å²) < 4.78 is 0. The molecule has 2 N–H and O–H groups in total. The molecule has 1 unspecified atom stereocenters. The molecule has 0 aliphatic rings. The first-order chi connectivity index (χ1) is 8.97. The minimum absolute atomic E-state index is 0.0266. The number of carbonyl (C=O) groups is 1. The number of nitrogens with one attached hydrogen (secondary N) is 1. The standard InChI is InChI=1S/C12H13N3O4/c1-8(12(16)17)5-6-14-10-4-2-3-9(7-13)11(10)15(18)19/h2-4,8,14H,5-6H2,1H3,(H,16,17). The number of nitro groups is 1. The van der Waals surface area contributed by atoms with Gasteiger partial charge < -0.3 is 10.4 Å². The number of benzene rings is 1. The van der Waals surface area contributed by atoms with Gasteiger partial charge >= 0.3 is 11.7 Å². The van der Waals surface area contributed by atoms with E-state index in [2.05, 4.69) is 5.32 Å². The second-order valence-electron chi connectivity index (χ2n) is 4.03. The number of nitro benzene ring substituents is 1. The topological polar surface area (TPSA) is 116 Å². The Balaban J connectivity index is 2.82. The second kappa shape index (κ2) is 6.35. The lowest BCUT2D eigenvalue weighted by molar-refractivity contribution is -0.384. The van der Waals surface area contributed by atoms with Crippen LogP contribution in [0.4, 0.5) is 11.4 Å². The number of hydrogen-bond acceptors (Lipinski definition) is 5. The van der Waals surface area contributed by atoms with Gasteiger partial charge in [0.1, 0.15) is 17.3 Å². The van der Waals surface area contributed by atoms with Crippen molar-refractivity contribution in [3.05, 3.63) is 33.9 Å². The van der Waals surface area contributed by atoms with E-state index in [1.165, 1.54) is 18.2 Å². The van der Waals surface area contributed by atoms with Crippen molar-refractivity contribution >= 4 is 17.3 Å². The zero-order valence-corrected chi connectivity index (χ0v) is 10.3. The number of carboxylic acids is 1. The highest BCUT2D eigenvalue weighted by molar-refractivity contribution is 5.70. The number of aliphatic carboxylic acids is 1. The van der Waals surface area contributed by atoms with Gasteiger partial charge in [-0.25, -0.2) is 0 Å². The molecule has 0 aliphatic heterocycles. The molecule has 0 heterocycles. The van der Waals surface area contributed by atoms with E-state index >= 15 is 0 Å². The highest BCUT2D eigenvalue weighted by Crippen LogP contribution is 2.28. The molecule has 100 valence electrons. The molecule has 0 spiro atoms. The van der Waals surface area contributed by atoms with Crippen LogP contribution in [0, 0.1) is 27.4 Å². The van der Waals surface area contributed by atoms with Crippen LogP contribution in [-0.2, 0) is 4.79 Å². The first kappa shape index (κ1) is 14.4. The molecule has 0 saturated heterocycles. The fourth-order valence-corrected chi connectivity index (χ4v) is 1.52. The summed E-state index contributed by atoms with van der Waals surface area (Å²) in [5.41, 5.74) is -0.0871. The summed E-state index contributed by atoms with van der Waals surface area (Å²) in [5, 5.41) is 31.3. The van der Waals surface area contributed by atoms with Crippen molar-refractivity contribution in [1.82, 2.24) is 0 Å². The SMILES string of the molecule is CC(CCNc1cccc(C#N)c1[N+](=O)[O-])C(=O)O. The molecule has 0 aliphatic carbocycles. The van der Waals surface area contributed by atoms with Crippen LogP contribution < -0.4 is 5.32 Å². The van der Waals surface area contributed by atoms with E-state index in [4.69, 9.17) is 10.4 Å². The molecule has 0 radical (unpaired) electrons. The Labute approximate surface area is 109 Å². The second-order valence-corrected chi connectivity index (χ2v) is 4.03. The molecule has 19 heavy (non-hydrogen) atoms. The van der Waals surface area contributed by atoms with E-state index in [1.807, 2.05) is 0 Å². The van der Waals surface area contributed by atoms with Gasteiger partial charge in [-0.15, -0.1) is 0 Å². The molecule has 7 nitrogen and oxygen atoms in total. The zero-order chi connectivity index (χ0) is 14.4. The third-order valence-corrected chi connectivity index (χ3v) is 2.65. The average Bonchev–Trinajstić information content (AvgIpc) is 2.37. The summed E-state index contributed by atoms with van der Waals surface area (Å²) in [6, 6.07) is 6.15. The van der Waals surface area contributed by atoms with Crippen molar-refractivity contribution in [3.8, 4) is 6.07 Å². The Morgan fingerprint density at radius 1 is 1.63 bits per heavy atom. The quantitative estimate of drug-likeness (QED) is 0.598. The van der Waals surface area contributed by atoms with Crippen LogP contribution in [0.3, 0.4) is 0 Å². The van der Waals surface area contributed by atoms with Crippen molar-refractivity contribution in [2.75, 3.05) is 11.9 Å². The van der Waals surface area contributed by atoms with Gasteiger partial charge in [-0.3, -0.25) is 14.9 Å². The number of nitrogens with zero attached hydrogens (tertiary/aromatic N) is 2. The normalized spacial score (nSPS) is 11.4. The summed E-state index contributed by atoms with van der Waals surface area (Å²) in [7, 11) is 0. The summed E-state index contributed by atoms with van der Waals surface area (Å²) in [4.78, 5) is 20.9. The summed E-state index contributed by atoms with van der Waals surface area (Å²) in [6.45, 7) is 1.84. The molecule has 1 rings (SSSR count). The van der Waals surface area contributed by atoms with Crippen LogP contribution in [0.1, 0.15) is 18.9 Å². The highest BCUT2D eigenvalue weighted by Gasteiger charge is 2.19. The van der Waals surface area contributed by atoms with Crippen LogP contribution in [0.2, 0.25) is 0 Å². The fourth-order valence-electron chi connectivity index (χ4n) is 1.52. The third kappa shape index (κ3) is 3.67. The molecule has 1 aromatic carbocycles. The average molecular weight is 263 g/mol. The minimum Gasteiger partial charge on any atom is -0.481 e. The Morgan fingerprint density at radius 3 is 2.84 bits per heavy atom. The van der Waals surface area contributed by atoms with Crippen molar-refractivity contribution < 1.29 is 14.8 Å². The van der Waals surface area contributed by atoms with Gasteiger partial charge in [-0.1, -0.05) is 13.0 Å². The lowest BCUT2D eigenvalue weighted by Gasteiger charge is -2.09. The van der Waals surface area contributed by atoms with E-state index in [-0.39, 0.29) is 23.5 Å². The number of carboxylic acid groups (broad SMARTS) is 1. The summed E-state index contributed by atoms with van der Waals surface area (Å²) >= 11 is 0. The third-order valence-electron chi connectivity index (χ3n) is 2.65. The molecule has 0 amide bonds. The van der Waals surface area contributed by atoms with Crippen molar-refractivity contribution in [2.45, 2.75) is 13.3 Å². The van der Waals surface area contributed by atoms with Gasteiger partial charge in [-0.2, -0.15) is 5.26 Å². The van der Waals surface area contributed by atoms with Gasteiger partial charge in [0.15, 0.2) is 0 Å². The van der Waals surface area contributed by atoms with Crippen LogP contribution in [0.25, 0.3) is 0 Å². The van der Waals surface area contributed by atoms with Crippen LogP contribution in [0.5, 0.6) is 0 Å². The van der Waals surface area contributed by atoms with Gasteiger partial charge in [0.2, 0.25) is 0 Å². The van der Waals surface area contributed by atoms with Crippen molar-refractivity contribution in [3.63, 3.8) is 0 Å².